The van der Waals surface area contributed by atoms with Crippen molar-refractivity contribution in [3.05, 3.63) is 0 Å². The number of unbranched alkanes of at least 4 members (excludes halogenated alkanes) is 31. The number of amides is 4. The number of nitrogens with zero attached hydrogens (tertiary/aromatic N) is 2. The van der Waals surface area contributed by atoms with Crippen LogP contribution in [-0.4, -0.2) is 57.1 Å². The summed E-state index contributed by atoms with van der Waals surface area (Å²) >= 11 is 0. The van der Waals surface area contributed by atoms with E-state index in [1.54, 1.807) is 0 Å². The fraction of sp³-hybridized carbons (Fsp3) is 0.909. The van der Waals surface area contributed by atoms with Gasteiger partial charge in [0.15, 0.2) is 0 Å². The van der Waals surface area contributed by atoms with Crippen LogP contribution >= 0.6 is 0 Å². The lowest BCUT2D eigenvalue weighted by Gasteiger charge is -2.18. The Morgan fingerprint density at radius 3 is 0.692 bits per heavy atom. The third kappa shape index (κ3) is 32.5. The van der Waals surface area contributed by atoms with Crippen LogP contribution in [0.15, 0.2) is 0 Å². The molecule has 0 unspecified atom stereocenters. The molecule has 0 aromatic carbocycles. The molecule has 0 rings (SSSR count). The lowest BCUT2D eigenvalue weighted by molar-refractivity contribution is -0.131. The van der Waals surface area contributed by atoms with Crippen LogP contribution in [-0.2, 0) is 9.59 Å². The van der Waals surface area contributed by atoms with Crippen LogP contribution < -0.4 is 0 Å². The first-order valence-electron chi connectivity index (χ1n) is 22.4. The Balaban J connectivity index is 3.88. The van der Waals surface area contributed by atoms with Crippen molar-refractivity contribution in [2.24, 2.45) is 0 Å². The molecule has 0 aliphatic heterocycles. The van der Waals surface area contributed by atoms with Gasteiger partial charge >= 0.3 is 12.2 Å². The third-order valence-electron chi connectivity index (χ3n) is 10.6. The van der Waals surface area contributed by atoms with E-state index in [0.29, 0.717) is 25.7 Å². The second kappa shape index (κ2) is 38.6. The van der Waals surface area contributed by atoms with E-state index in [9.17, 15) is 29.4 Å². The van der Waals surface area contributed by atoms with Gasteiger partial charge in [-0.25, -0.2) is 19.4 Å². The van der Waals surface area contributed by atoms with Crippen LogP contribution in [0, 0.1) is 0 Å². The molecule has 0 fully saturated rings. The summed E-state index contributed by atoms with van der Waals surface area (Å²) in [6.45, 7) is 4.93. The summed E-state index contributed by atoms with van der Waals surface area (Å²) in [4.78, 5) is 50.4. The Kier molecular flexibility index (Phi) is 37.0. The predicted octanol–water partition coefficient (Wildman–Crippen LogP) is 14.1. The highest BCUT2D eigenvalue weighted by Gasteiger charge is 2.22. The zero-order valence-electron chi connectivity index (χ0n) is 34.3. The molecule has 8 heteroatoms. The molecule has 0 aliphatic rings. The van der Waals surface area contributed by atoms with E-state index in [2.05, 4.69) is 13.8 Å². The maximum Gasteiger partial charge on any atom is 0.414 e. The van der Waals surface area contributed by atoms with Crippen molar-refractivity contribution in [3.8, 4) is 0 Å². The van der Waals surface area contributed by atoms with Gasteiger partial charge in [0.2, 0.25) is 11.8 Å². The van der Waals surface area contributed by atoms with Gasteiger partial charge in [0.05, 0.1) is 0 Å². The van der Waals surface area contributed by atoms with E-state index < -0.39 is 24.0 Å². The minimum atomic E-state index is -1.22. The van der Waals surface area contributed by atoms with E-state index in [0.717, 1.165) is 48.3 Å². The number of hydrogen-bond acceptors (Lipinski definition) is 4. The molecule has 0 aliphatic carbocycles. The fourth-order valence-corrected chi connectivity index (χ4v) is 7.11. The summed E-state index contributed by atoms with van der Waals surface area (Å²) < 4.78 is 0. The van der Waals surface area contributed by atoms with Gasteiger partial charge in [0.25, 0.3) is 0 Å². The van der Waals surface area contributed by atoms with Crippen LogP contribution in [0.25, 0.3) is 0 Å². The summed E-state index contributed by atoms with van der Waals surface area (Å²) in [6, 6.07) is 0. The number of rotatable bonds is 39. The van der Waals surface area contributed by atoms with Crippen LogP contribution in [0.1, 0.15) is 245 Å². The van der Waals surface area contributed by atoms with E-state index >= 15 is 0 Å². The first kappa shape index (κ1) is 49.9. The Hall–Kier alpha value is -2.12. The normalized spacial score (nSPS) is 11.2. The zero-order valence-corrected chi connectivity index (χ0v) is 34.3. The van der Waals surface area contributed by atoms with Gasteiger partial charge in [-0.2, -0.15) is 0 Å². The van der Waals surface area contributed by atoms with Crippen LogP contribution in [0.2, 0.25) is 0 Å². The van der Waals surface area contributed by atoms with Crippen LogP contribution in [0.4, 0.5) is 9.59 Å². The molecule has 4 amide bonds. The molecular weight excluding hydrogens is 652 g/mol. The van der Waals surface area contributed by atoms with Gasteiger partial charge in [-0.3, -0.25) is 9.59 Å². The molecule has 8 nitrogen and oxygen atoms in total. The minimum Gasteiger partial charge on any atom is -0.465 e. The molecular formula is C44H84N2O6. The average molecular weight is 737 g/mol. The summed E-state index contributed by atoms with van der Waals surface area (Å²) in [5.74, 6) is -0.881. The summed E-state index contributed by atoms with van der Waals surface area (Å²) in [5, 5.41) is 19.1. The molecule has 0 bridgehead atoms. The highest BCUT2D eigenvalue weighted by Crippen LogP contribution is 2.16. The molecule has 0 aromatic rings. The van der Waals surface area contributed by atoms with Crippen molar-refractivity contribution < 1.29 is 29.4 Å². The number of carbonyl (C=O) groups is 4. The standard InChI is InChI=1S/C44H84N2O6/c1-3-5-7-9-11-13-15-17-19-21-23-25-27-29-31-35-39-45(43(49)50)41(47)37-33-34-38-42(48)46(44(51)52)40-36-32-30-28-26-24-22-20-18-16-14-12-10-8-6-4-2/h3-40H2,1-2H3,(H,49,50)(H,51,52). The highest BCUT2D eigenvalue weighted by atomic mass is 16.4. The largest absolute Gasteiger partial charge is 0.465 e. The van der Waals surface area contributed by atoms with Crippen LogP contribution in [0.3, 0.4) is 0 Å². The topological polar surface area (TPSA) is 115 Å². The lowest BCUT2D eigenvalue weighted by atomic mass is 10.0. The van der Waals surface area contributed by atoms with Gasteiger partial charge in [0, 0.05) is 25.9 Å². The average Bonchev–Trinajstić information content (AvgIpc) is 3.12. The maximum atomic E-state index is 12.6. The lowest BCUT2D eigenvalue weighted by Crippen LogP contribution is -2.37. The molecule has 0 spiro atoms. The zero-order chi connectivity index (χ0) is 38.3. The van der Waals surface area contributed by atoms with Crippen molar-refractivity contribution >= 4 is 24.0 Å². The molecule has 0 radical (unpaired) electrons. The molecule has 0 aromatic heterocycles. The van der Waals surface area contributed by atoms with E-state index in [-0.39, 0.29) is 25.9 Å². The van der Waals surface area contributed by atoms with Gasteiger partial charge in [0.1, 0.15) is 0 Å². The van der Waals surface area contributed by atoms with E-state index in [4.69, 9.17) is 0 Å². The number of carboxylic acid groups (broad SMARTS) is 2. The van der Waals surface area contributed by atoms with Gasteiger partial charge in [-0.15, -0.1) is 0 Å². The van der Waals surface area contributed by atoms with Crippen molar-refractivity contribution in [2.45, 2.75) is 245 Å². The van der Waals surface area contributed by atoms with Crippen molar-refractivity contribution in [1.82, 2.24) is 9.80 Å². The van der Waals surface area contributed by atoms with Crippen molar-refractivity contribution in [3.63, 3.8) is 0 Å². The maximum absolute atomic E-state index is 12.6. The van der Waals surface area contributed by atoms with Gasteiger partial charge in [-0.1, -0.05) is 206 Å². The Morgan fingerprint density at radius 2 is 0.500 bits per heavy atom. The molecule has 0 saturated carbocycles. The second-order valence-corrected chi connectivity index (χ2v) is 15.5. The monoisotopic (exact) mass is 737 g/mol. The smallest absolute Gasteiger partial charge is 0.414 e. The van der Waals surface area contributed by atoms with Crippen LogP contribution in [0.5, 0.6) is 0 Å². The quantitative estimate of drug-likeness (QED) is 0.0607. The van der Waals surface area contributed by atoms with E-state index in [1.165, 1.54) is 154 Å². The predicted molar refractivity (Wildman–Crippen MR) is 217 cm³/mol. The van der Waals surface area contributed by atoms with Crippen molar-refractivity contribution in [1.29, 1.82) is 0 Å². The molecule has 0 heterocycles. The van der Waals surface area contributed by atoms with E-state index in [1.807, 2.05) is 0 Å². The summed E-state index contributed by atoms with van der Waals surface area (Å²) in [7, 11) is 0. The third-order valence-corrected chi connectivity index (χ3v) is 10.6. The SMILES string of the molecule is CCCCCCCCCCCCCCCCCCN(C(=O)O)C(=O)CCCCC(=O)N(CCCCCCCCCCCCCCCCCC)C(=O)O. The number of hydrogen-bond donors (Lipinski definition) is 2. The molecule has 2 N–H and O–H groups in total. The summed E-state index contributed by atoms with van der Waals surface area (Å²) in [6.07, 6.45) is 38.1. The Morgan fingerprint density at radius 1 is 0.308 bits per heavy atom. The first-order chi connectivity index (χ1) is 25.3. The van der Waals surface area contributed by atoms with Gasteiger partial charge < -0.3 is 10.2 Å². The Bertz CT molecular complexity index is 783. The first-order valence-corrected chi connectivity index (χ1v) is 22.4. The molecule has 52 heavy (non-hydrogen) atoms. The fourth-order valence-electron chi connectivity index (χ4n) is 7.11. The molecule has 0 saturated heterocycles. The Labute approximate surface area is 320 Å². The minimum absolute atomic E-state index is 0.0463. The van der Waals surface area contributed by atoms with Crippen molar-refractivity contribution in [2.75, 3.05) is 13.1 Å². The number of carbonyl (C=O) groups excluding carboxylic acids is 2. The summed E-state index contributed by atoms with van der Waals surface area (Å²) in [5.41, 5.74) is 0. The molecule has 0 atom stereocenters. The van der Waals surface area contributed by atoms with Gasteiger partial charge in [-0.05, 0) is 25.7 Å². The molecule has 306 valence electrons. The number of imide groups is 2. The second-order valence-electron chi connectivity index (χ2n) is 15.5. The highest BCUT2D eigenvalue weighted by molar-refractivity contribution is 5.92.